The number of carbonyl (C=O) groups is 1. The van der Waals surface area contributed by atoms with Gasteiger partial charge in [0.15, 0.2) is 0 Å². The zero-order valence-electron chi connectivity index (χ0n) is 14.9. The van der Waals surface area contributed by atoms with Crippen LogP contribution in [-0.4, -0.2) is 47.0 Å². The molecular weight excluding hydrogens is 302 g/mol. The summed E-state index contributed by atoms with van der Waals surface area (Å²) >= 11 is 0. The van der Waals surface area contributed by atoms with E-state index in [1.807, 2.05) is 6.07 Å². The number of nitrogens with zero attached hydrogens (tertiary/aromatic N) is 4. The van der Waals surface area contributed by atoms with Crippen LogP contribution in [0.1, 0.15) is 46.0 Å². The Morgan fingerprint density at radius 2 is 2.12 bits per heavy atom. The van der Waals surface area contributed by atoms with Crippen molar-refractivity contribution in [3.8, 4) is 0 Å². The van der Waals surface area contributed by atoms with Gasteiger partial charge < -0.3 is 15.5 Å². The van der Waals surface area contributed by atoms with E-state index in [0.717, 1.165) is 51.3 Å². The highest BCUT2D eigenvalue weighted by atomic mass is 16.2. The summed E-state index contributed by atoms with van der Waals surface area (Å²) in [5.74, 6) is 2.37. The van der Waals surface area contributed by atoms with Crippen LogP contribution in [-0.2, 0) is 4.79 Å². The van der Waals surface area contributed by atoms with Gasteiger partial charge in [-0.1, -0.05) is 13.8 Å². The molecule has 24 heavy (non-hydrogen) atoms. The summed E-state index contributed by atoms with van der Waals surface area (Å²) in [4.78, 5) is 25.1. The highest BCUT2D eigenvalue weighted by Crippen LogP contribution is 2.40. The summed E-state index contributed by atoms with van der Waals surface area (Å²) < 4.78 is 0. The first-order valence-electron chi connectivity index (χ1n) is 9.08. The Kier molecular flexibility index (Phi) is 4.92. The molecule has 132 valence electrons. The molecule has 0 bridgehead atoms. The molecule has 2 N–H and O–H groups in total. The lowest BCUT2D eigenvalue weighted by Crippen LogP contribution is -2.54. The molecule has 6 heteroatoms. The maximum Gasteiger partial charge on any atom is 0.222 e. The summed E-state index contributed by atoms with van der Waals surface area (Å²) in [6.07, 6.45) is 6.60. The number of nitrogen functional groups attached to an aromatic ring is 1. The SMILES string of the molecule is CC(C)CCN1CC2(CCCN(c3cc(N)ncn3)C2)CCC1=O. The lowest BCUT2D eigenvalue weighted by atomic mass is 9.73. The topological polar surface area (TPSA) is 75.3 Å². The number of anilines is 2. The van der Waals surface area contributed by atoms with Crippen LogP contribution in [0, 0.1) is 11.3 Å². The maximum atomic E-state index is 12.3. The van der Waals surface area contributed by atoms with E-state index in [4.69, 9.17) is 5.73 Å². The molecule has 2 aliphatic rings. The van der Waals surface area contributed by atoms with Gasteiger partial charge >= 0.3 is 0 Å². The first kappa shape index (κ1) is 17.0. The zero-order chi connectivity index (χ0) is 17.2. The van der Waals surface area contributed by atoms with Crippen LogP contribution in [0.5, 0.6) is 0 Å². The fraction of sp³-hybridized carbons (Fsp3) is 0.722. The molecule has 0 saturated carbocycles. The predicted octanol–water partition coefficient (Wildman–Crippen LogP) is 2.31. The molecule has 1 atom stereocenters. The smallest absolute Gasteiger partial charge is 0.222 e. The van der Waals surface area contributed by atoms with Crippen molar-refractivity contribution in [1.29, 1.82) is 0 Å². The molecule has 0 aliphatic carbocycles. The molecule has 3 rings (SSSR count). The van der Waals surface area contributed by atoms with Crippen molar-refractivity contribution >= 4 is 17.5 Å². The van der Waals surface area contributed by atoms with Crippen LogP contribution < -0.4 is 10.6 Å². The number of hydrogen-bond acceptors (Lipinski definition) is 5. The molecule has 0 radical (unpaired) electrons. The van der Waals surface area contributed by atoms with Gasteiger partial charge in [-0.3, -0.25) is 4.79 Å². The second kappa shape index (κ2) is 6.95. The third-order valence-corrected chi connectivity index (χ3v) is 5.38. The third-order valence-electron chi connectivity index (χ3n) is 5.38. The Hall–Kier alpha value is -1.85. The van der Waals surface area contributed by atoms with Gasteiger partial charge in [-0.05, 0) is 31.6 Å². The van der Waals surface area contributed by atoms with Crippen molar-refractivity contribution in [3.63, 3.8) is 0 Å². The molecular formula is C18H29N5O. The van der Waals surface area contributed by atoms with Crippen molar-refractivity contribution in [3.05, 3.63) is 12.4 Å². The molecule has 1 amide bonds. The molecule has 0 aromatic carbocycles. The van der Waals surface area contributed by atoms with Crippen molar-refractivity contribution in [1.82, 2.24) is 14.9 Å². The summed E-state index contributed by atoms with van der Waals surface area (Å²) in [7, 11) is 0. The minimum atomic E-state index is 0.197. The van der Waals surface area contributed by atoms with Crippen molar-refractivity contribution < 1.29 is 4.79 Å². The highest BCUT2D eigenvalue weighted by molar-refractivity contribution is 5.77. The van der Waals surface area contributed by atoms with Gasteiger partial charge in [0.1, 0.15) is 18.0 Å². The minimum Gasteiger partial charge on any atom is -0.384 e. The van der Waals surface area contributed by atoms with Crippen LogP contribution in [0.3, 0.4) is 0 Å². The molecule has 3 heterocycles. The lowest BCUT2D eigenvalue weighted by molar-refractivity contribution is -0.138. The molecule has 6 nitrogen and oxygen atoms in total. The van der Waals surface area contributed by atoms with E-state index in [9.17, 15) is 4.79 Å². The second-order valence-corrected chi connectivity index (χ2v) is 7.82. The molecule has 1 unspecified atom stereocenters. The van der Waals surface area contributed by atoms with Gasteiger partial charge in [-0.25, -0.2) is 9.97 Å². The zero-order valence-corrected chi connectivity index (χ0v) is 14.9. The maximum absolute atomic E-state index is 12.3. The Balaban J connectivity index is 1.71. The number of piperidine rings is 2. The van der Waals surface area contributed by atoms with Gasteiger partial charge in [0, 0.05) is 44.1 Å². The summed E-state index contributed by atoms with van der Waals surface area (Å²) in [6, 6.07) is 1.85. The van der Waals surface area contributed by atoms with Gasteiger partial charge in [-0.15, -0.1) is 0 Å². The largest absolute Gasteiger partial charge is 0.384 e. The lowest BCUT2D eigenvalue weighted by Gasteiger charge is -2.48. The number of rotatable bonds is 4. The van der Waals surface area contributed by atoms with Crippen LogP contribution >= 0.6 is 0 Å². The van der Waals surface area contributed by atoms with Crippen LogP contribution in [0.15, 0.2) is 12.4 Å². The average molecular weight is 331 g/mol. The van der Waals surface area contributed by atoms with E-state index in [1.165, 1.54) is 12.7 Å². The summed E-state index contributed by atoms with van der Waals surface area (Å²) in [5, 5.41) is 0. The molecule has 1 aromatic rings. The first-order valence-corrected chi connectivity index (χ1v) is 9.08. The Bertz CT molecular complexity index is 591. The fourth-order valence-electron chi connectivity index (χ4n) is 3.99. The molecule has 2 fully saturated rings. The number of carbonyl (C=O) groups excluding carboxylic acids is 1. The summed E-state index contributed by atoms with van der Waals surface area (Å²) in [5.41, 5.74) is 6.01. The molecule has 1 spiro atoms. The molecule has 2 saturated heterocycles. The number of nitrogens with two attached hydrogens (primary N) is 1. The number of amides is 1. The Labute approximate surface area is 144 Å². The number of hydrogen-bond donors (Lipinski definition) is 1. The molecule has 2 aliphatic heterocycles. The summed E-state index contributed by atoms with van der Waals surface area (Å²) in [6.45, 7) is 8.15. The van der Waals surface area contributed by atoms with E-state index in [-0.39, 0.29) is 5.41 Å². The Morgan fingerprint density at radius 1 is 1.29 bits per heavy atom. The normalized spacial score (nSPS) is 24.9. The average Bonchev–Trinajstić information content (AvgIpc) is 2.56. The van der Waals surface area contributed by atoms with Gasteiger partial charge in [0.05, 0.1) is 0 Å². The monoisotopic (exact) mass is 331 g/mol. The standard InChI is InChI=1S/C18H29N5O/c1-14(2)5-9-23-12-18(7-4-17(23)24)6-3-8-22(11-18)16-10-15(19)20-13-21-16/h10,13-14H,3-9,11-12H2,1-2H3,(H2,19,20,21). The van der Waals surface area contributed by atoms with Crippen molar-refractivity contribution in [2.75, 3.05) is 36.8 Å². The quantitative estimate of drug-likeness (QED) is 0.916. The van der Waals surface area contributed by atoms with E-state index < -0.39 is 0 Å². The molecule has 1 aromatic heterocycles. The minimum absolute atomic E-state index is 0.197. The first-order chi connectivity index (χ1) is 11.5. The second-order valence-electron chi connectivity index (χ2n) is 7.82. The highest BCUT2D eigenvalue weighted by Gasteiger charge is 2.41. The van der Waals surface area contributed by atoms with Crippen LogP contribution in [0.4, 0.5) is 11.6 Å². The predicted molar refractivity (Wildman–Crippen MR) is 95.6 cm³/mol. The van der Waals surface area contributed by atoms with E-state index in [2.05, 4.69) is 33.6 Å². The van der Waals surface area contributed by atoms with Gasteiger partial charge in [0.25, 0.3) is 0 Å². The fourth-order valence-corrected chi connectivity index (χ4v) is 3.99. The number of likely N-dealkylation sites (tertiary alicyclic amines) is 1. The third kappa shape index (κ3) is 3.79. The van der Waals surface area contributed by atoms with E-state index in [0.29, 0.717) is 24.1 Å². The van der Waals surface area contributed by atoms with E-state index >= 15 is 0 Å². The van der Waals surface area contributed by atoms with Gasteiger partial charge in [0.2, 0.25) is 5.91 Å². The van der Waals surface area contributed by atoms with Crippen molar-refractivity contribution in [2.45, 2.75) is 46.0 Å². The van der Waals surface area contributed by atoms with E-state index in [1.54, 1.807) is 0 Å². The van der Waals surface area contributed by atoms with Crippen molar-refractivity contribution in [2.24, 2.45) is 11.3 Å². The Morgan fingerprint density at radius 3 is 2.88 bits per heavy atom. The van der Waals surface area contributed by atoms with Gasteiger partial charge in [-0.2, -0.15) is 0 Å². The number of aromatic nitrogens is 2. The van der Waals surface area contributed by atoms with Crippen LogP contribution in [0.25, 0.3) is 0 Å². The van der Waals surface area contributed by atoms with Crippen LogP contribution in [0.2, 0.25) is 0 Å².